The third-order valence-corrected chi connectivity index (χ3v) is 9.28. The number of ether oxygens (including phenoxy) is 6. The van der Waals surface area contributed by atoms with E-state index in [-0.39, 0.29) is 12.2 Å². The summed E-state index contributed by atoms with van der Waals surface area (Å²) >= 11 is 0. The molecule has 256 valence electrons. The van der Waals surface area contributed by atoms with Crippen molar-refractivity contribution in [1.82, 2.24) is 19.9 Å². The van der Waals surface area contributed by atoms with Crippen LogP contribution in [0.15, 0.2) is 0 Å². The smallest absolute Gasteiger partial charge is 0.323 e. The fraction of sp³-hybridized carbons (Fsp3) is 0.903. The zero-order valence-electron chi connectivity index (χ0n) is 26.8. The van der Waals surface area contributed by atoms with Crippen molar-refractivity contribution < 1.29 is 32.8 Å². The van der Waals surface area contributed by atoms with Crippen LogP contribution in [0.3, 0.4) is 0 Å². The minimum Gasteiger partial charge on any atom is -0.461 e. The van der Waals surface area contributed by atoms with Gasteiger partial charge in [0.15, 0.2) is 0 Å². The van der Waals surface area contributed by atoms with Crippen molar-refractivity contribution in [1.29, 1.82) is 0 Å². The van der Waals surface area contributed by atoms with Gasteiger partial charge >= 0.3 is 6.01 Å². The van der Waals surface area contributed by atoms with E-state index in [0.29, 0.717) is 104 Å². The highest BCUT2D eigenvalue weighted by Gasteiger charge is 2.51. The van der Waals surface area contributed by atoms with Crippen LogP contribution in [-0.4, -0.2) is 144 Å². The van der Waals surface area contributed by atoms with Crippen LogP contribution in [-0.2, 0) is 23.7 Å². The minimum absolute atomic E-state index is 0.0756. The van der Waals surface area contributed by atoms with E-state index in [9.17, 15) is 4.39 Å². The number of aromatic nitrogens is 3. The summed E-state index contributed by atoms with van der Waals surface area (Å²) in [6.07, 6.45) is 7.72. The van der Waals surface area contributed by atoms with Crippen LogP contribution in [0.4, 0.5) is 16.3 Å². The van der Waals surface area contributed by atoms with Gasteiger partial charge in [-0.15, -0.1) is 0 Å². The Balaban J connectivity index is 1.01. The Morgan fingerprint density at radius 1 is 0.689 bits per heavy atom. The van der Waals surface area contributed by atoms with Crippen LogP contribution < -0.4 is 20.7 Å². The van der Waals surface area contributed by atoms with Crippen molar-refractivity contribution in [3.8, 4) is 6.01 Å². The maximum Gasteiger partial charge on any atom is 0.323 e. The molecule has 0 unspecified atom stereocenters. The van der Waals surface area contributed by atoms with Gasteiger partial charge in [0.1, 0.15) is 13.3 Å². The summed E-state index contributed by atoms with van der Waals surface area (Å²) in [6.45, 7) is 9.04. The third kappa shape index (κ3) is 11.1. The fourth-order valence-corrected chi connectivity index (χ4v) is 7.66. The molecular weight excluding hydrogens is 585 g/mol. The predicted octanol–water partition coefficient (Wildman–Crippen LogP) is 1.76. The van der Waals surface area contributed by atoms with E-state index in [4.69, 9.17) is 44.1 Å². The first-order valence-corrected chi connectivity index (χ1v) is 16.9. The number of nitrogens with two attached hydrogens (primary N) is 1. The number of halogens is 1. The highest BCUT2D eigenvalue weighted by molar-refractivity contribution is 5.41. The molecule has 1 aliphatic heterocycles. The van der Waals surface area contributed by atoms with Gasteiger partial charge in [0, 0.05) is 44.8 Å². The van der Waals surface area contributed by atoms with Gasteiger partial charge in [0.2, 0.25) is 11.9 Å². The van der Waals surface area contributed by atoms with Crippen molar-refractivity contribution in [2.75, 3.05) is 129 Å². The lowest BCUT2D eigenvalue weighted by Crippen LogP contribution is -2.55. The Morgan fingerprint density at radius 2 is 1.20 bits per heavy atom. The molecule has 5 fully saturated rings. The number of piperazine rings is 1. The molecule has 1 saturated heterocycles. The van der Waals surface area contributed by atoms with E-state index in [1.54, 1.807) is 0 Å². The van der Waals surface area contributed by atoms with Crippen LogP contribution in [0.25, 0.3) is 0 Å². The van der Waals surface area contributed by atoms with E-state index < -0.39 is 0 Å². The van der Waals surface area contributed by atoms with Gasteiger partial charge in [-0.1, -0.05) is 0 Å². The number of hydrogen-bond donors (Lipinski definition) is 2. The summed E-state index contributed by atoms with van der Waals surface area (Å²) in [5.41, 5.74) is 5.44. The molecule has 14 heteroatoms. The average Bonchev–Trinajstić information content (AvgIpc) is 3.02. The zero-order chi connectivity index (χ0) is 31.2. The highest BCUT2D eigenvalue weighted by Crippen LogP contribution is 2.56. The average molecular weight is 640 g/mol. The summed E-state index contributed by atoms with van der Waals surface area (Å²) in [7, 11) is 0. The van der Waals surface area contributed by atoms with Crippen molar-refractivity contribution in [3.63, 3.8) is 0 Å². The highest BCUT2D eigenvalue weighted by atomic mass is 19.1. The predicted molar refractivity (Wildman–Crippen MR) is 168 cm³/mol. The second-order valence-corrected chi connectivity index (χ2v) is 12.8. The Hall–Kier alpha value is -1.94. The minimum atomic E-state index is -0.325. The van der Waals surface area contributed by atoms with Crippen LogP contribution in [0.5, 0.6) is 6.01 Å². The third-order valence-electron chi connectivity index (χ3n) is 9.28. The number of rotatable bonds is 23. The van der Waals surface area contributed by atoms with Gasteiger partial charge in [-0.05, 0) is 56.3 Å². The molecular formula is C31H54FN7O6. The quantitative estimate of drug-likeness (QED) is 0.168. The number of anilines is 2. The van der Waals surface area contributed by atoms with Crippen molar-refractivity contribution in [2.24, 2.45) is 23.5 Å². The molecule has 45 heavy (non-hydrogen) atoms. The molecule has 4 aliphatic carbocycles. The molecule has 0 atom stereocenters. The standard InChI is InChI=1S/C31H54FN7O6/c32-1-3-38-4-6-39(7-5-38)29-34-28(37-31-22-25-19-26(23-31)21-27(20-25)24-31)35-30(36-29)45-18-17-44-16-15-43-14-13-42-12-11-41-10-9-40-8-2-33/h25-27H,1-24,33H2,(H,34,35,36,37). The summed E-state index contributed by atoms with van der Waals surface area (Å²) in [5.74, 6) is 3.66. The van der Waals surface area contributed by atoms with Crippen LogP contribution >= 0.6 is 0 Å². The Morgan fingerprint density at radius 3 is 1.71 bits per heavy atom. The van der Waals surface area contributed by atoms with Gasteiger partial charge in [-0.2, -0.15) is 15.0 Å². The first-order valence-electron chi connectivity index (χ1n) is 16.9. The lowest BCUT2D eigenvalue weighted by atomic mass is 9.53. The number of alkyl halides is 1. The van der Waals surface area contributed by atoms with E-state index in [0.717, 1.165) is 43.9 Å². The first-order chi connectivity index (χ1) is 22.1. The SMILES string of the molecule is NCCOCCOCCOCCOCCOCCOc1nc(NC23CC4CC(CC(C4)C2)C3)nc(N2CCN(CCF)CC2)n1. The fourth-order valence-electron chi connectivity index (χ4n) is 7.66. The summed E-state index contributed by atoms with van der Waals surface area (Å²) < 4.78 is 46.3. The summed E-state index contributed by atoms with van der Waals surface area (Å²) in [5, 5.41) is 3.79. The van der Waals surface area contributed by atoms with Crippen molar-refractivity contribution in [3.05, 3.63) is 0 Å². The van der Waals surface area contributed by atoms with Gasteiger partial charge in [0.05, 0.1) is 66.1 Å². The lowest BCUT2D eigenvalue weighted by Gasteiger charge is -2.56. The van der Waals surface area contributed by atoms with E-state index in [2.05, 4.69) is 20.1 Å². The normalized spacial score (nSPS) is 26.1. The van der Waals surface area contributed by atoms with Crippen LogP contribution in [0, 0.1) is 17.8 Å². The number of nitrogens with zero attached hydrogens (tertiary/aromatic N) is 5. The van der Waals surface area contributed by atoms with Crippen molar-refractivity contribution in [2.45, 2.75) is 44.1 Å². The molecule has 13 nitrogen and oxygen atoms in total. The van der Waals surface area contributed by atoms with E-state index in [1.165, 1.54) is 38.5 Å². The van der Waals surface area contributed by atoms with Crippen LogP contribution in [0.2, 0.25) is 0 Å². The lowest BCUT2D eigenvalue weighted by molar-refractivity contribution is -0.0124. The maximum absolute atomic E-state index is 12.9. The van der Waals surface area contributed by atoms with Gasteiger partial charge in [-0.25, -0.2) is 4.39 Å². The summed E-state index contributed by atoms with van der Waals surface area (Å²) in [4.78, 5) is 18.5. The molecule has 1 aromatic heterocycles. The zero-order valence-corrected chi connectivity index (χ0v) is 26.8. The Bertz CT molecular complexity index is 954. The summed E-state index contributed by atoms with van der Waals surface area (Å²) in [6, 6.07) is 0.308. The molecule has 0 spiro atoms. The molecule has 4 saturated carbocycles. The molecule has 2 heterocycles. The molecule has 6 rings (SSSR count). The second-order valence-electron chi connectivity index (χ2n) is 12.8. The Labute approximate surface area is 267 Å². The molecule has 5 aliphatic rings. The van der Waals surface area contributed by atoms with Gasteiger partial charge in [0.25, 0.3) is 0 Å². The maximum atomic E-state index is 12.9. The van der Waals surface area contributed by atoms with E-state index >= 15 is 0 Å². The first kappa shape index (κ1) is 34.4. The van der Waals surface area contributed by atoms with Crippen LogP contribution in [0.1, 0.15) is 38.5 Å². The molecule has 0 amide bonds. The molecule has 4 bridgehead atoms. The number of nitrogens with one attached hydrogen (secondary N) is 1. The topological polar surface area (TPSA) is 139 Å². The molecule has 0 radical (unpaired) electrons. The monoisotopic (exact) mass is 639 g/mol. The second kappa shape index (κ2) is 18.4. The molecule has 0 aromatic carbocycles. The van der Waals surface area contributed by atoms with Gasteiger partial charge < -0.3 is 44.4 Å². The van der Waals surface area contributed by atoms with E-state index in [1.807, 2.05) is 0 Å². The number of hydrogen-bond acceptors (Lipinski definition) is 13. The largest absolute Gasteiger partial charge is 0.461 e. The molecule has 3 N–H and O–H groups in total. The van der Waals surface area contributed by atoms with Crippen molar-refractivity contribution >= 4 is 11.9 Å². The Kier molecular flexibility index (Phi) is 14.1. The van der Waals surface area contributed by atoms with Gasteiger partial charge in [-0.3, -0.25) is 4.90 Å². The molecule has 1 aromatic rings.